The van der Waals surface area contributed by atoms with Crippen molar-refractivity contribution in [1.29, 1.82) is 0 Å². The number of benzene rings is 1. The Bertz CT molecular complexity index is 592. The van der Waals surface area contributed by atoms with Gasteiger partial charge in [-0.2, -0.15) is 0 Å². The van der Waals surface area contributed by atoms with Gasteiger partial charge in [0.05, 0.1) is 16.7 Å². The summed E-state index contributed by atoms with van der Waals surface area (Å²) in [6, 6.07) is 5.02. The van der Waals surface area contributed by atoms with Crippen molar-refractivity contribution in [3.05, 3.63) is 39.9 Å². The van der Waals surface area contributed by atoms with Gasteiger partial charge in [0.25, 0.3) is 5.69 Å². The molecular weight excluding hydrogens is 296 g/mol. The van der Waals surface area contributed by atoms with Crippen LogP contribution in [0.3, 0.4) is 0 Å². The van der Waals surface area contributed by atoms with Crippen LogP contribution in [0.25, 0.3) is 0 Å². The minimum Gasteiger partial charge on any atom is -0.480 e. The van der Waals surface area contributed by atoms with Crippen LogP contribution in [0, 0.1) is 10.1 Å². The Morgan fingerprint density at radius 2 is 2.24 bits per heavy atom. The summed E-state index contributed by atoms with van der Waals surface area (Å²) in [6.07, 6.45) is 0. The second kappa shape index (κ2) is 6.13. The van der Waals surface area contributed by atoms with Crippen molar-refractivity contribution in [3.63, 3.8) is 0 Å². The molecule has 2 atom stereocenters. The van der Waals surface area contributed by atoms with Crippen LogP contribution < -0.4 is 0 Å². The molecule has 7 nitrogen and oxygen atoms in total. The second-order valence-corrected chi connectivity index (χ2v) is 5.74. The third kappa shape index (κ3) is 3.15. The van der Waals surface area contributed by atoms with Crippen LogP contribution >= 0.6 is 11.8 Å². The number of carbonyl (C=O) groups excluding carboxylic acids is 1. The summed E-state index contributed by atoms with van der Waals surface area (Å²) >= 11 is 1.38. The summed E-state index contributed by atoms with van der Waals surface area (Å²) in [5, 5.41) is 19.9. The predicted molar refractivity (Wildman–Crippen MR) is 77.1 cm³/mol. The molecular formula is C13H14N2O5S. The molecule has 2 rings (SSSR count). The number of rotatable bonds is 4. The normalized spacial score (nSPS) is 19.3. The van der Waals surface area contributed by atoms with Gasteiger partial charge in [0.2, 0.25) is 5.91 Å². The first-order valence-electron chi connectivity index (χ1n) is 6.27. The third-order valence-corrected chi connectivity index (χ3v) is 4.41. The predicted octanol–water partition coefficient (Wildman–Crippen LogP) is 1.68. The minimum atomic E-state index is -1.03. The fraction of sp³-hybridized carbons (Fsp3) is 0.385. The lowest BCUT2D eigenvalue weighted by molar-refractivity contribution is -0.384. The Morgan fingerprint density at radius 1 is 1.52 bits per heavy atom. The zero-order valence-corrected chi connectivity index (χ0v) is 12.1. The van der Waals surface area contributed by atoms with Crippen molar-refractivity contribution in [1.82, 2.24) is 4.90 Å². The van der Waals surface area contributed by atoms with Crippen LogP contribution in [0.5, 0.6) is 0 Å². The molecule has 21 heavy (non-hydrogen) atoms. The Morgan fingerprint density at radius 3 is 2.86 bits per heavy atom. The zero-order chi connectivity index (χ0) is 15.6. The molecule has 1 aromatic carbocycles. The van der Waals surface area contributed by atoms with Crippen LogP contribution in [0.15, 0.2) is 24.3 Å². The third-order valence-electron chi connectivity index (χ3n) is 3.40. The summed E-state index contributed by atoms with van der Waals surface area (Å²) in [7, 11) is 0. The van der Waals surface area contributed by atoms with Crippen molar-refractivity contribution >= 4 is 29.3 Å². The van der Waals surface area contributed by atoms with Crippen molar-refractivity contribution in [2.45, 2.75) is 18.9 Å². The maximum Gasteiger partial charge on any atom is 0.327 e. The largest absolute Gasteiger partial charge is 0.480 e. The van der Waals surface area contributed by atoms with Gasteiger partial charge in [0.15, 0.2) is 0 Å². The quantitative estimate of drug-likeness (QED) is 0.671. The van der Waals surface area contributed by atoms with E-state index in [1.165, 1.54) is 34.9 Å². The lowest BCUT2D eigenvalue weighted by Crippen LogP contribution is -2.43. The molecule has 8 heteroatoms. The van der Waals surface area contributed by atoms with Gasteiger partial charge in [0, 0.05) is 17.9 Å². The van der Waals surface area contributed by atoms with E-state index in [1.54, 1.807) is 13.0 Å². The zero-order valence-electron chi connectivity index (χ0n) is 11.3. The molecule has 0 aliphatic carbocycles. The Kier molecular flexibility index (Phi) is 4.46. The second-order valence-electron chi connectivity index (χ2n) is 4.74. The number of nitro groups is 1. The van der Waals surface area contributed by atoms with Gasteiger partial charge >= 0.3 is 5.97 Å². The molecule has 0 aromatic heterocycles. The van der Waals surface area contributed by atoms with E-state index in [4.69, 9.17) is 5.11 Å². The highest BCUT2D eigenvalue weighted by Crippen LogP contribution is 2.28. The standard InChI is InChI=1S/C13H14N2O5S/c1-8(9-3-2-4-10(5-9)15(19)20)12(16)14-7-21-6-11(14)13(17)18/h2-5,8,11H,6-7H2,1H3,(H,17,18)/t8?,11-/m0/s1. The lowest BCUT2D eigenvalue weighted by atomic mass is 9.99. The van der Waals surface area contributed by atoms with Crippen molar-refractivity contribution in [2.24, 2.45) is 0 Å². The van der Waals surface area contributed by atoms with Gasteiger partial charge in [-0.3, -0.25) is 14.9 Å². The van der Waals surface area contributed by atoms with E-state index < -0.39 is 22.9 Å². The highest BCUT2D eigenvalue weighted by Gasteiger charge is 2.36. The molecule has 1 aromatic rings. The molecule has 0 bridgehead atoms. The summed E-state index contributed by atoms with van der Waals surface area (Å²) in [5.74, 6) is -1.28. The Balaban J connectivity index is 2.21. The number of thioether (sulfide) groups is 1. The van der Waals surface area contributed by atoms with Crippen LogP contribution in [0.4, 0.5) is 5.69 Å². The van der Waals surface area contributed by atoms with E-state index in [1.807, 2.05) is 0 Å². The summed E-state index contributed by atoms with van der Waals surface area (Å²) in [4.78, 5) is 35.1. The van der Waals surface area contributed by atoms with E-state index >= 15 is 0 Å². The molecule has 1 fully saturated rings. The average Bonchev–Trinajstić information content (AvgIpc) is 2.95. The maximum atomic E-state index is 12.4. The molecule has 1 aliphatic rings. The molecule has 0 spiro atoms. The van der Waals surface area contributed by atoms with Crippen LogP contribution in [-0.4, -0.2) is 44.5 Å². The number of carboxylic acid groups (broad SMARTS) is 1. The number of nitrogens with zero attached hydrogens (tertiary/aromatic N) is 2. The monoisotopic (exact) mass is 310 g/mol. The van der Waals surface area contributed by atoms with Crippen molar-refractivity contribution in [3.8, 4) is 0 Å². The Hall–Kier alpha value is -2.09. The number of non-ortho nitro benzene ring substituents is 1. The van der Waals surface area contributed by atoms with E-state index in [-0.39, 0.29) is 11.6 Å². The first-order valence-corrected chi connectivity index (χ1v) is 7.42. The van der Waals surface area contributed by atoms with E-state index in [0.29, 0.717) is 17.2 Å². The maximum absolute atomic E-state index is 12.4. The summed E-state index contributed by atoms with van der Waals surface area (Å²) < 4.78 is 0. The molecule has 1 aliphatic heterocycles. The van der Waals surface area contributed by atoms with Crippen LogP contribution in [-0.2, 0) is 9.59 Å². The molecule has 0 radical (unpaired) electrons. The van der Waals surface area contributed by atoms with E-state index in [2.05, 4.69) is 0 Å². The fourth-order valence-corrected chi connectivity index (χ4v) is 3.32. The molecule has 1 unspecified atom stereocenters. The Labute approximate surface area is 125 Å². The highest BCUT2D eigenvalue weighted by atomic mass is 32.2. The number of nitro benzene ring substituents is 1. The van der Waals surface area contributed by atoms with Gasteiger partial charge < -0.3 is 10.0 Å². The van der Waals surface area contributed by atoms with Crippen molar-refractivity contribution < 1.29 is 19.6 Å². The van der Waals surface area contributed by atoms with Gasteiger partial charge in [-0.15, -0.1) is 11.8 Å². The molecule has 1 N–H and O–H groups in total. The minimum absolute atomic E-state index is 0.0854. The topological polar surface area (TPSA) is 101 Å². The summed E-state index contributed by atoms with van der Waals surface area (Å²) in [5.41, 5.74) is 0.424. The SMILES string of the molecule is CC(C(=O)N1CSC[C@H]1C(=O)O)c1cccc([N+](=O)[O-])c1. The lowest BCUT2D eigenvalue weighted by Gasteiger charge is -2.24. The van der Waals surface area contributed by atoms with Gasteiger partial charge in [-0.05, 0) is 12.5 Å². The van der Waals surface area contributed by atoms with Crippen LogP contribution in [0.2, 0.25) is 0 Å². The van der Waals surface area contributed by atoms with Gasteiger partial charge in [0.1, 0.15) is 6.04 Å². The first-order chi connectivity index (χ1) is 9.91. The number of aliphatic carboxylic acids is 1. The van der Waals surface area contributed by atoms with Crippen LogP contribution in [0.1, 0.15) is 18.4 Å². The number of amides is 1. The van der Waals surface area contributed by atoms with Crippen molar-refractivity contribution in [2.75, 3.05) is 11.6 Å². The smallest absolute Gasteiger partial charge is 0.327 e. The van der Waals surface area contributed by atoms with E-state index in [9.17, 15) is 19.7 Å². The molecule has 112 valence electrons. The molecule has 1 heterocycles. The highest BCUT2D eigenvalue weighted by molar-refractivity contribution is 7.99. The number of carbonyl (C=O) groups is 2. The van der Waals surface area contributed by atoms with Gasteiger partial charge in [-0.1, -0.05) is 12.1 Å². The van der Waals surface area contributed by atoms with Gasteiger partial charge in [-0.25, -0.2) is 4.79 Å². The fourth-order valence-electron chi connectivity index (χ4n) is 2.16. The first kappa shape index (κ1) is 15.3. The molecule has 1 saturated heterocycles. The number of hydrogen-bond donors (Lipinski definition) is 1. The summed E-state index contributed by atoms with van der Waals surface area (Å²) in [6.45, 7) is 1.63. The van der Waals surface area contributed by atoms with E-state index in [0.717, 1.165) is 0 Å². The molecule has 1 amide bonds. The number of hydrogen-bond acceptors (Lipinski definition) is 5. The number of carboxylic acids is 1. The average molecular weight is 310 g/mol. The molecule has 0 saturated carbocycles.